The normalized spacial score (nSPS) is 14.3. The second-order valence-corrected chi connectivity index (χ2v) is 9.07. The molecule has 0 bridgehead atoms. The molecule has 0 aliphatic carbocycles. The average molecular weight is 452 g/mol. The molecule has 0 saturated heterocycles. The summed E-state index contributed by atoms with van der Waals surface area (Å²) in [6.45, 7) is 8.03. The first-order valence-electron chi connectivity index (χ1n) is 11.5. The molecule has 2 aromatic rings. The van der Waals surface area contributed by atoms with Gasteiger partial charge in [0, 0.05) is 23.5 Å². The van der Waals surface area contributed by atoms with E-state index >= 15 is 0 Å². The van der Waals surface area contributed by atoms with E-state index in [1.54, 1.807) is 6.07 Å². The molecule has 6 heteroatoms. The lowest BCUT2D eigenvalue weighted by Gasteiger charge is -2.22. The van der Waals surface area contributed by atoms with Crippen molar-refractivity contribution in [2.75, 3.05) is 31.5 Å². The van der Waals surface area contributed by atoms with Gasteiger partial charge in [-0.1, -0.05) is 68.8 Å². The number of hydrogen-bond donors (Lipinski definition) is 2. The zero-order chi connectivity index (χ0) is 22.8. The van der Waals surface area contributed by atoms with Gasteiger partial charge in [-0.25, -0.2) is 0 Å². The van der Waals surface area contributed by atoms with Crippen LogP contribution in [-0.2, 0) is 4.79 Å². The van der Waals surface area contributed by atoms with Crippen molar-refractivity contribution in [2.24, 2.45) is 0 Å². The Kier molecular flexibility index (Phi) is 9.38. The molecule has 0 unspecified atom stereocenters. The highest BCUT2D eigenvalue weighted by molar-refractivity contribution is 8.04. The molecule has 170 valence electrons. The number of benzene rings is 2. The number of carbonyl (C=O) groups excluding carboxylic acids is 2. The van der Waals surface area contributed by atoms with Crippen LogP contribution in [0, 0.1) is 0 Å². The highest BCUT2D eigenvalue weighted by atomic mass is 32.2. The fraction of sp³-hybridized carbons (Fsp3) is 0.385. The molecule has 0 saturated carbocycles. The van der Waals surface area contributed by atoms with Gasteiger partial charge in [-0.3, -0.25) is 9.59 Å². The van der Waals surface area contributed by atoms with Crippen LogP contribution in [0.2, 0.25) is 0 Å². The number of rotatable bonds is 11. The van der Waals surface area contributed by atoms with E-state index in [1.165, 1.54) is 37.4 Å². The molecule has 0 atom stereocenters. The van der Waals surface area contributed by atoms with Crippen LogP contribution in [0.1, 0.15) is 55.5 Å². The molecule has 2 amide bonds. The first-order valence-corrected chi connectivity index (χ1v) is 12.3. The van der Waals surface area contributed by atoms with Crippen LogP contribution >= 0.6 is 11.8 Å². The number of fused-ring (bicyclic) bond motifs is 1. The molecule has 1 aliphatic heterocycles. The van der Waals surface area contributed by atoms with Gasteiger partial charge in [0.1, 0.15) is 0 Å². The van der Waals surface area contributed by atoms with Crippen LogP contribution in [-0.4, -0.2) is 42.9 Å². The Morgan fingerprint density at radius 2 is 1.75 bits per heavy atom. The molecule has 0 spiro atoms. The molecule has 0 fully saturated rings. The summed E-state index contributed by atoms with van der Waals surface area (Å²) >= 11 is 1.43. The number of thioether (sulfide) groups is 1. The fourth-order valence-electron chi connectivity index (χ4n) is 3.53. The van der Waals surface area contributed by atoms with Gasteiger partial charge in [0.25, 0.3) is 11.8 Å². The molecular weight excluding hydrogens is 418 g/mol. The summed E-state index contributed by atoms with van der Waals surface area (Å²) in [5.74, 6) is -0.255. The summed E-state index contributed by atoms with van der Waals surface area (Å²) in [5, 5.41) is 5.96. The SMILES string of the molecule is CCCCN(CCCC)CCNC(=O)c1ccc2c(c1)NC(=O)C(=Cc1ccccc1)S2. The fourth-order valence-corrected chi connectivity index (χ4v) is 4.46. The summed E-state index contributed by atoms with van der Waals surface area (Å²) < 4.78 is 0. The number of carbonyl (C=O) groups is 2. The molecule has 0 aromatic heterocycles. The zero-order valence-corrected chi connectivity index (χ0v) is 19.8. The van der Waals surface area contributed by atoms with Crippen LogP contribution in [0.3, 0.4) is 0 Å². The van der Waals surface area contributed by atoms with Crippen LogP contribution in [0.25, 0.3) is 6.08 Å². The molecule has 1 aliphatic rings. The lowest BCUT2D eigenvalue weighted by Crippen LogP contribution is -2.36. The van der Waals surface area contributed by atoms with E-state index in [-0.39, 0.29) is 11.8 Å². The Bertz CT molecular complexity index is 935. The first kappa shape index (κ1) is 24.1. The van der Waals surface area contributed by atoms with Crippen molar-refractivity contribution < 1.29 is 9.59 Å². The molecule has 5 nitrogen and oxygen atoms in total. The third-order valence-corrected chi connectivity index (χ3v) is 6.50. The summed E-state index contributed by atoms with van der Waals surface area (Å²) in [5.41, 5.74) is 2.23. The van der Waals surface area contributed by atoms with Crippen molar-refractivity contribution >= 4 is 35.3 Å². The van der Waals surface area contributed by atoms with Crippen molar-refractivity contribution in [1.82, 2.24) is 10.2 Å². The lowest BCUT2D eigenvalue weighted by molar-refractivity contribution is -0.112. The quantitative estimate of drug-likeness (QED) is 0.449. The van der Waals surface area contributed by atoms with Crippen molar-refractivity contribution in [1.29, 1.82) is 0 Å². The Morgan fingerprint density at radius 3 is 2.44 bits per heavy atom. The summed E-state index contributed by atoms with van der Waals surface area (Å²) in [7, 11) is 0. The second-order valence-electron chi connectivity index (χ2n) is 7.99. The molecule has 2 N–H and O–H groups in total. The smallest absolute Gasteiger partial charge is 0.262 e. The monoisotopic (exact) mass is 451 g/mol. The van der Waals surface area contributed by atoms with Gasteiger partial charge in [-0.05, 0) is 55.8 Å². The molecule has 1 heterocycles. The van der Waals surface area contributed by atoms with Crippen LogP contribution in [0.5, 0.6) is 0 Å². The Labute approximate surface area is 195 Å². The van der Waals surface area contributed by atoms with E-state index in [0.29, 0.717) is 22.7 Å². The zero-order valence-electron chi connectivity index (χ0n) is 19.0. The maximum Gasteiger partial charge on any atom is 0.262 e. The second kappa shape index (κ2) is 12.5. The number of nitrogens with zero attached hydrogens (tertiary/aromatic N) is 1. The van der Waals surface area contributed by atoms with Crippen molar-refractivity contribution in [3.63, 3.8) is 0 Å². The Balaban J connectivity index is 1.59. The maximum absolute atomic E-state index is 12.7. The molecular formula is C26H33N3O2S. The molecule has 2 aromatic carbocycles. The Morgan fingerprint density at radius 1 is 1.03 bits per heavy atom. The van der Waals surface area contributed by atoms with E-state index in [2.05, 4.69) is 29.4 Å². The average Bonchev–Trinajstić information content (AvgIpc) is 2.81. The minimum Gasteiger partial charge on any atom is -0.351 e. The predicted octanol–water partition coefficient (Wildman–Crippen LogP) is 5.40. The van der Waals surface area contributed by atoms with E-state index in [9.17, 15) is 9.59 Å². The lowest BCUT2D eigenvalue weighted by atomic mass is 10.1. The summed E-state index contributed by atoms with van der Waals surface area (Å²) in [6.07, 6.45) is 6.60. The predicted molar refractivity (Wildman–Crippen MR) is 134 cm³/mol. The van der Waals surface area contributed by atoms with Crippen LogP contribution < -0.4 is 10.6 Å². The van der Waals surface area contributed by atoms with Crippen LogP contribution in [0.4, 0.5) is 5.69 Å². The number of hydrogen-bond acceptors (Lipinski definition) is 4. The van der Waals surface area contributed by atoms with Gasteiger partial charge >= 0.3 is 0 Å². The van der Waals surface area contributed by atoms with Gasteiger partial charge in [0.2, 0.25) is 0 Å². The number of unbranched alkanes of at least 4 members (excludes halogenated alkanes) is 2. The van der Waals surface area contributed by atoms with E-state index in [1.807, 2.05) is 48.5 Å². The maximum atomic E-state index is 12.7. The third kappa shape index (κ3) is 6.97. The number of anilines is 1. The van der Waals surface area contributed by atoms with Gasteiger partial charge in [-0.2, -0.15) is 0 Å². The van der Waals surface area contributed by atoms with E-state index in [4.69, 9.17) is 0 Å². The summed E-state index contributed by atoms with van der Waals surface area (Å²) in [6, 6.07) is 15.3. The highest BCUT2D eigenvalue weighted by Crippen LogP contribution is 2.39. The largest absolute Gasteiger partial charge is 0.351 e. The van der Waals surface area contributed by atoms with E-state index in [0.717, 1.165) is 30.1 Å². The molecule has 32 heavy (non-hydrogen) atoms. The van der Waals surface area contributed by atoms with Gasteiger partial charge < -0.3 is 15.5 Å². The minimum absolute atomic E-state index is 0.108. The highest BCUT2D eigenvalue weighted by Gasteiger charge is 2.22. The van der Waals surface area contributed by atoms with Crippen molar-refractivity contribution in [2.45, 2.75) is 44.4 Å². The Hall–Kier alpha value is -2.57. The minimum atomic E-state index is -0.147. The number of amides is 2. The first-order chi connectivity index (χ1) is 15.6. The molecule has 0 radical (unpaired) electrons. The van der Waals surface area contributed by atoms with Crippen molar-refractivity contribution in [3.8, 4) is 0 Å². The van der Waals surface area contributed by atoms with E-state index < -0.39 is 0 Å². The standard InChI is InChI=1S/C26H33N3O2S/c1-3-5-15-29(16-6-4-2)17-14-27-25(30)21-12-13-23-22(19-21)28-26(31)24(32-23)18-20-10-8-7-9-11-20/h7-13,18-19H,3-6,14-17H2,1-2H3,(H,27,30)(H,28,31). The van der Waals surface area contributed by atoms with Gasteiger partial charge in [0.15, 0.2) is 0 Å². The van der Waals surface area contributed by atoms with Gasteiger partial charge in [-0.15, -0.1) is 0 Å². The van der Waals surface area contributed by atoms with Crippen molar-refractivity contribution in [3.05, 3.63) is 64.6 Å². The summed E-state index contributed by atoms with van der Waals surface area (Å²) in [4.78, 5) is 29.2. The van der Waals surface area contributed by atoms with Gasteiger partial charge in [0.05, 0.1) is 10.6 Å². The van der Waals surface area contributed by atoms with Crippen LogP contribution in [0.15, 0.2) is 58.3 Å². The third-order valence-electron chi connectivity index (χ3n) is 5.40. The topological polar surface area (TPSA) is 61.4 Å². The number of nitrogens with one attached hydrogen (secondary N) is 2. The molecule has 3 rings (SSSR count).